The number of rotatable bonds is 7. The van der Waals surface area contributed by atoms with Crippen molar-refractivity contribution in [3.8, 4) is 0 Å². The maximum absolute atomic E-state index is 11.2. The van der Waals surface area contributed by atoms with Crippen LogP contribution in [0.3, 0.4) is 0 Å². The number of aliphatic carboxylic acids is 1. The zero-order chi connectivity index (χ0) is 30.3. The number of hydrogen-bond acceptors (Lipinski definition) is 18. The van der Waals surface area contributed by atoms with Crippen molar-refractivity contribution >= 4 is 5.97 Å². The van der Waals surface area contributed by atoms with Gasteiger partial charge in [0.15, 0.2) is 31.3 Å². The van der Waals surface area contributed by atoms with Gasteiger partial charge in [-0.2, -0.15) is 0 Å². The molecule has 18 atom stereocenters. The average molecular weight is 605 g/mol. The first kappa shape index (κ1) is 32.7. The van der Waals surface area contributed by atoms with Crippen LogP contribution < -0.4 is 0 Å². The molecule has 0 radical (unpaired) electrons. The fourth-order valence-electron chi connectivity index (χ4n) is 4.86. The highest BCUT2D eigenvalue weighted by atomic mass is 16.8. The van der Waals surface area contributed by atoms with Crippen molar-refractivity contribution in [2.45, 2.75) is 118 Å². The molecular formula is C22H36O19. The normalized spacial score (nSPS) is 53.1. The summed E-state index contributed by atoms with van der Waals surface area (Å²) in [6.07, 6.45) is -30.5. The predicted octanol–water partition coefficient (Wildman–Crippen LogP) is -7.35. The van der Waals surface area contributed by atoms with E-state index in [-0.39, 0.29) is 6.61 Å². The molecule has 0 aromatic carbocycles. The van der Waals surface area contributed by atoms with E-state index in [1.165, 1.54) is 6.92 Å². The summed E-state index contributed by atoms with van der Waals surface area (Å²) in [6, 6.07) is 0. The van der Waals surface area contributed by atoms with E-state index in [1.807, 2.05) is 0 Å². The van der Waals surface area contributed by atoms with Crippen LogP contribution in [0.2, 0.25) is 0 Å². The summed E-state index contributed by atoms with van der Waals surface area (Å²) >= 11 is 0. The first-order valence-electron chi connectivity index (χ1n) is 12.8. The van der Waals surface area contributed by atoms with E-state index in [1.54, 1.807) is 0 Å². The topological polar surface area (TPSA) is 304 Å². The van der Waals surface area contributed by atoms with Crippen molar-refractivity contribution in [3.05, 3.63) is 0 Å². The van der Waals surface area contributed by atoms with Crippen molar-refractivity contribution in [1.29, 1.82) is 0 Å². The molecule has 0 amide bonds. The molecule has 4 fully saturated rings. The summed E-state index contributed by atoms with van der Waals surface area (Å²) in [5.41, 5.74) is 0. The summed E-state index contributed by atoms with van der Waals surface area (Å²) in [6.45, 7) is 0.516. The molecule has 41 heavy (non-hydrogen) atoms. The largest absolute Gasteiger partial charge is 0.479 e. The van der Waals surface area contributed by atoms with Gasteiger partial charge in [-0.25, -0.2) is 4.79 Å². The maximum atomic E-state index is 11.2. The van der Waals surface area contributed by atoms with Crippen molar-refractivity contribution in [1.82, 2.24) is 0 Å². The number of hydrogen-bond donors (Lipinski definition) is 11. The number of aliphatic hydroxyl groups is 10. The van der Waals surface area contributed by atoms with Gasteiger partial charge in [-0.05, 0) is 6.92 Å². The van der Waals surface area contributed by atoms with Gasteiger partial charge in [-0.15, -0.1) is 0 Å². The summed E-state index contributed by atoms with van der Waals surface area (Å²) in [4.78, 5) is 11.2. The van der Waals surface area contributed by atoms with Gasteiger partial charge in [-0.3, -0.25) is 0 Å². The predicted molar refractivity (Wildman–Crippen MR) is 121 cm³/mol. The van der Waals surface area contributed by atoms with Crippen LogP contribution in [0.4, 0.5) is 0 Å². The molecule has 0 aliphatic carbocycles. The van der Waals surface area contributed by atoms with Gasteiger partial charge in [0.05, 0.1) is 19.3 Å². The van der Waals surface area contributed by atoms with E-state index in [2.05, 4.69) is 0 Å². The van der Waals surface area contributed by atoms with Crippen molar-refractivity contribution in [2.24, 2.45) is 0 Å². The number of carboxylic acids is 1. The molecule has 4 saturated heterocycles. The Morgan fingerprint density at radius 2 is 1.20 bits per heavy atom. The summed E-state index contributed by atoms with van der Waals surface area (Å²) in [5, 5.41) is 112. The smallest absolute Gasteiger partial charge is 0.335 e. The first-order valence-corrected chi connectivity index (χ1v) is 12.8. The number of ether oxygens (including phenoxy) is 7. The van der Waals surface area contributed by atoms with Gasteiger partial charge >= 0.3 is 5.97 Å². The summed E-state index contributed by atoms with van der Waals surface area (Å²) < 4.78 is 37.0. The van der Waals surface area contributed by atoms with Crippen LogP contribution in [-0.4, -0.2) is 186 Å². The van der Waals surface area contributed by atoms with Gasteiger partial charge in [0.2, 0.25) is 0 Å². The van der Waals surface area contributed by atoms with E-state index < -0.39 is 123 Å². The van der Waals surface area contributed by atoms with Crippen molar-refractivity contribution in [3.63, 3.8) is 0 Å². The van der Waals surface area contributed by atoms with Gasteiger partial charge in [0, 0.05) is 0 Å². The fourth-order valence-corrected chi connectivity index (χ4v) is 4.86. The van der Waals surface area contributed by atoms with Crippen LogP contribution >= 0.6 is 0 Å². The molecule has 4 rings (SSSR count). The molecule has 0 spiro atoms. The lowest BCUT2D eigenvalue weighted by Crippen LogP contribution is -2.65. The Morgan fingerprint density at radius 1 is 0.610 bits per heavy atom. The van der Waals surface area contributed by atoms with Gasteiger partial charge in [0.25, 0.3) is 0 Å². The Bertz CT molecular complexity index is 880. The molecule has 0 saturated carbocycles. The zero-order valence-electron chi connectivity index (χ0n) is 21.5. The zero-order valence-corrected chi connectivity index (χ0v) is 21.5. The molecule has 4 aliphatic rings. The van der Waals surface area contributed by atoms with Crippen LogP contribution in [0.1, 0.15) is 6.92 Å². The average Bonchev–Trinajstić information content (AvgIpc) is 2.92. The molecule has 19 heteroatoms. The van der Waals surface area contributed by atoms with Crippen LogP contribution in [0.5, 0.6) is 0 Å². The Labute approximate surface area is 231 Å². The third-order valence-electron chi connectivity index (χ3n) is 7.37. The van der Waals surface area contributed by atoms with Gasteiger partial charge in [0.1, 0.15) is 73.2 Å². The maximum Gasteiger partial charge on any atom is 0.335 e. The molecule has 19 nitrogen and oxygen atoms in total. The lowest BCUT2D eigenvalue weighted by atomic mass is 9.97. The molecule has 11 N–H and O–H groups in total. The Kier molecular flexibility index (Phi) is 10.5. The van der Waals surface area contributed by atoms with Crippen LogP contribution in [0.15, 0.2) is 0 Å². The first-order chi connectivity index (χ1) is 19.2. The lowest BCUT2D eigenvalue weighted by Gasteiger charge is -2.47. The molecule has 4 aliphatic heterocycles. The minimum Gasteiger partial charge on any atom is -0.479 e. The second-order valence-electron chi connectivity index (χ2n) is 10.3. The van der Waals surface area contributed by atoms with Crippen molar-refractivity contribution in [2.75, 3.05) is 13.2 Å². The van der Waals surface area contributed by atoms with E-state index in [4.69, 9.17) is 38.3 Å². The van der Waals surface area contributed by atoms with Crippen molar-refractivity contribution < 1.29 is 94.1 Å². The summed E-state index contributed by atoms with van der Waals surface area (Å²) in [7, 11) is 0. The molecular weight excluding hydrogens is 568 g/mol. The highest BCUT2D eigenvalue weighted by Gasteiger charge is 2.53. The van der Waals surface area contributed by atoms with Crippen LogP contribution in [0, 0.1) is 0 Å². The van der Waals surface area contributed by atoms with E-state index in [0.29, 0.717) is 0 Å². The molecule has 0 aromatic rings. The van der Waals surface area contributed by atoms with Crippen LogP contribution in [-0.2, 0) is 38.0 Å². The Hall–Kier alpha value is -1.21. The number of carboxylic acid groups (broad SMARTS) is 1. The third kappa shape index (κ3) is 6.66. The number of carbonyl (C=O) groups is 1. The van der Waals surface area contributed by atoms with E-state index in [9.17, 15) is 55.9 Å². The van der Waals surface area contributed by atoms with Crippen LogP contribution in [0.25, 0.3) is 0 Å². The monoisotopic (exact) mass is 604 g/mol. The van der Waals surface area contributed by atoms with Gasteiger partial charge in [-0.1, -0.05) is 0 Å². The highest BCUT2D eigenvalue weighted by molar-refractivity contribution is 5.73. The standard InChI is InChI=1S/C22H36O19/c1-4-7(24)15(14(31)22(37-4)41-17-11(28)10(27)16(18(32)33)39-19(17)34)40-21-13(30)9(26)6(3-36-21)38-20-12(29)8(25)5(23)2-35-20/h4-17,19-31,34H,2-3H2,1H3,(H,32,33)/t4-,5+,6+,7-,8-,9-,10+,11-,12+,13+,14+,15+,16-,17+,19?,20-,21-,22-/m0/s1. The molecule has 4 heterocycles. The molecule has 238 valence electrons. The Morgan fingerprint density at radius 3 is 1.85 bits per heavy atom. The lowest BCUT2D eigenvalue weighted by molar-refractivity contribution is -0.377. The quantitative estimate of drug-likeness (QED) is 0.129. The second kappa shape index (κ2) is 13.2. The minimum absolute atomic E-state index is 0.373. The fraction of sp³-hybridized carbons (Fsp3) is 0.955. The second-order valence-corrected chi connectivity index (χ2v) is 10.3. The number of aliphatic hydroxyl groups excluding tert-OH is 10. The highest BCUT2D eigenvalue weighted by Crippen LogP contribution is 2.32. The van der Waals surface area contributed by atoms with E-state index >= 15 is 0 Å². The Balaban J connectivity index is 1.38. The summed E-state index contributed by atoms with van der Waals surface area (Å²) in [5.74, 6) is -1.66. The minimum atomic E-state index is -2.07. The molecule has 0 bridgehead atoms. The van der Waals surface area contributed by atoms with Gasteiger partial charge < -0.3 is 89.3 Å². The van der Waals surface area contributed by atoms with E-state index in [0.717, 1.165) is 0 Å². The molecule has 0 aromatic heterocycles. The SMILES string of the molecule is C[C@@H]1O[C@@H](O[C@H]2C(O)O[C@H](C(=O)O)[C@H](O)[C@@H]2O)[C@H](O)[C@H](O[C@@H]2OC[C@@H](O[C@@H]3OC[C@@H](O)[C@H](O)[C@H]3O)[C@H](O)[C@H]2O)[C@H]1O. The molecule has 1 unspecified atom stereocenters. The third-order valence-corrected chi connectivity index (χ3v) is 7.37.